The first kappa shape index (κ1) is 14.3. The largest absolute Gasteiger partial charge is 0.370 e. The first-order chi connectivity index (χ1) is 10.3. The fourth-order valence-electron chi connectivity index (χ4n) is 2.75. The lowest BCUT2D eigenvalue weighted by atomic mass is 9.96. The second kappa shape index (κ2) is 6.44. The maximum atomic E-state index is 6.30. The van der Waals surface area contributed by atoms with Crippen LogP contribution in [0.25, 0.3) is 11.4 Å². The molecule has 0 atom stereocenters. The van der Waals surface area contributed by atoms with Crippen LogP contribution in [0.5, 0.6) is 0 Å². The highest BCUT2D eigenvalue weighted by Gasteiger charge is 2.19. The maximum Gasteiger partial charge on any atom is 0.163 e. The molecule has 0 spiro atoms. The topological polar surface area (TPSA) is 37.8 Å². The Hall–Kier alpha value is -1.61. The molecule has 0 bridgehead atoms. The molecule has 1 heterocycles. The third kappa shape index (κ3) is 3.03. The van der Waals surface area contributed by atoms with Gasteiger partial charge in [-0.3, -0.25) is 0 Å². The molecule has 3 rings (SSSR count). The molecule has 0 amide bonds. The molecule has 1 N–H and O–H groups in total. The van der Waals surface area contributed by atoms with E-state index >= 15 is 0 Å². The molecular weight excluding hydrogens is 282 g/mol. The minimum atomic E-state index is 0.703. The summed E-state index contributed by atoms with van der Waals surface area (Å²) in [4.78, 5) is 9.53. The third-order valence-corrected chi connectivity index (χ3v) is 4.17. The van der Waals surface area contributed by atoms with Crippen LogP contribution < -0.4 is 5.32 Å². The fraction of sp³-hybridized carbons (Fsp3) is 0.412. The van der Waals surface area contributed by atoms with E-state index in [1.807, 2.05) is 24.3 Å². The van der Waals surface area contributed by atoms with Gasteiger partial charge in [-0.05, 0) is 44.2 Å². The number of anilines is 1. The van der Waals surface area contributed by atoms with E-state index in [-0.39, 0.29) is 0 Å². The predicted molar refractivity (Wildman–Crippen MR) is 87.9 cm³/mol. The number of aromatic nitrogens is 2. The Morgan fingerprint density at radius 1 is 1.14 bits per heavy atom. The van der Waals surface area contributed by atoms with Crippen molar-refractivity contribution in [3.05, 3.63) is 40.5 Å². The van der Waals surface area contributed by atoms with Gasteiger partial charge in [0.25, 0.3) is 0 Å². The van der Waals surface area contributed by atoms with Crippen molar-refractivity contribution < 1.29 is 0 Å². The molecule has 4 heteroatoms. The first-order valence-corrected chi connectivity index (χ1v) is 8.06. The van der Waals surface area contributed by atoms with Gasteiger partial charge in [-0.15, -0.1) is 0 Å². The Kier molecular flexibility index (Phi) is 4.39. The summed E-state index contributed by atoms with van der Waals surface area (Å²) in [5.74, 6) is 1.73. The molecule has 3 nitrogen and oxygen atoms in total. The number of benzene rings is 1. The standard InChI is InChI=1S/C17H20ClN3/c1-2-11-19-16-13-8-4-6-10-15(13)20-17(21-16)12-7-3-5-9-14(12)18/h3,5,7,9H,2,4,6,8,10-11H2,1H3,(H,19,20,21). The van der Waals surface area contributed by atoms with Crippen molar-refractivity contribution in [2.24, 2.45) is 0 Å². The highest BCUT2D eigenvalue weighted by Crippen LogP contribution is 2.31. The number of aryl methyl sites for hydroxylation is 1. The van der Waals surface area contributed by atoms with Gasteiger partial charge >= 0.3 is 0 Å². The van der Waals surface area contributed by atoms with E-state index in [1.165, 1.54) is 24.1 Å². The molecule has 0 saturated carbocycles. The van der Waals surface area contributed by atoms with Crippen LogP contribution in [0, 0.1) is 0 Å². The van der Waals surface area contributed by atoms with Crippen molar-refractivity contribution >= 4 is 17.4 Å². The summed E-state index contributed by atoms with van der Waals surface area (Å²) in [5.41, 5.74) is 3.39. The maximum absolute atomic E-state index is 6.30. The highest BCUT2D eigenvalue weighted by atomic mass is 35.5. The lowest BCUT2D eigenvalue weighted by molar-refractivity contribution is 0.664. The minimum Gasteiger partial charge on any atom is -0.370 e. The van der Waals surface area contributed by atoms with E-state index < -0.39 is 0 Å². The van der Waals surface area contributed by atoms with Crippen LogP contribution in [0.2, 0.25) is 5.02 Å². The smallest absolute Gasteiger partial charge is 0.163 e. The zero-order valence-electron chi connectivity index (χ0n) is 12.3. The van der Waals surface area contributed by atoms with E-state index in [4.69, 9.17) is 21.6 Å². The molecule has 1 aromatic heterocycles. The molecule has 0 aliphatic heterocycles. The molecule has 0 unspecified atom stereocenters. The monoisotopic (exact) mass is 301 g/mol. The van der Waals surface area contributed by atoms with Crippen molar-refractivity contribution in [2.75, 3.05) is 11.9 Å². The van der Waals surface area contributed by atoms with Crippen molar-refractivity contribution in [3.63, 3.8) is 0 Å². The van der Waals surface area contributed by atoms with Crippen LogP contribution in [0.15, 0.2) is 24.3 Å². The van der Waals surface area contributed by atoms with Gasteiger partial charge < -0.3 is 5.32 Å². The minimum absolute atomic E-state index is 0.703. The fourth-order valence-corrected chi connectivity index (χ4v) is 2.97. The summed E-state index contributed by atoms with van der Waals surface area (Å²) < 4.78 is 0. The van der Waals surface area contributed by atoms with Crippen LogP contribution in [0.3, 0.4) is 0 Å². The van der Waals surface area contributed by atoms with Crippen LogP contribution in [-0.2, 0) is 12.8 Å². The zero-order chi connectivity index (χ0) is 14.7. The van der Waals surface area contributed by atoms with E-state index in [2.05, 4.69) is 12.2 Å². The molecular formula is C17H20ClN3. The predicted octanol–water partition coefficient (Wildman–Crippen LogP) is 4.50. The molecule has 0 radical (unpaired) electrons. The summed E-state index contributed by atoms with van der Waals surface area (Å²) >= 11 is 6.30. The number of nitrogens with zero attached hydrogens (tertiary/aromatic N) is 2. The third-order valence-electron chi connectivity index (χ3n) is 3.84. The van der Waals surface area contributed by atoms with Gasteiger partial charge in [0.2, 0.25) is 0 Å². The second-order valence-electron chi connectivity index (χ2n) is 5.43. The van der Waals surface area contributed by atoms with Crippen molar-refractivity contribution in [1.82, 2.24) is 9.97 Å². The van der Waals surface area contributed by atoms with Gasteiger partial charge in [0.1, 0.15) is 5.82 Å². The number of rotatable bonds is 4. The summed E-state index contributed by atoms with van der Waals surface area (Å²) in [5, 5.41) is 4.16. The summed E-state index contributed by atoms with van der Waals surface area (Å²) in [6.07, 6.45) is 5.63. The lowest BCUT2D eigenvalue weighted by Crippen LogP contribution is -2.14. The number of hydrogen-bond acceptors (Lipinski definition) is 3. The second-order valence-corrected chi connectivity index (χ2v) is 5.84. The Bertz CT molecular complexity index is 640. The first-order valence-electron chi connectivity index (χ1n) is 7.68. The summed E-state index contributed by atoms with van der Waals surface area (Å²) in [7, 11) is 0. The summed E-state index contributed by atoms with van der Waals surface area (Å²) in [6.45, 7) is 3.10. The molecule has 1 aromatic carbocycles. The van der Waals surface area contributed by atoms with Gasteiger partial charge in [-0.2, -0.15) is 0 Å². The van der Waals surface area contributed by atoms with Gasteiger partial charge in [-0.1, -0.05) is 30.7 Å². The SMILES string of the molecule is CCCNc1nc(-c2ccccc2Cl)nc2c1CCCC2. The van der Waals surface area contributed by atoms with Gasteiger partial charge in [0.05, 0.1) is 5.02 Å². The van der Waals surface area contributed by atoms with Crippen LogP contribution in [-0.4, -0.2) is 16.5 Å². The Morgan fingerprint density at radius 2 is 1.95 bits per heavy atom. The quantitative estimate of drug-likeness (QED) is 0.903. The Balaban J connectivity index is 2.07. The molecule has 1 aliphatic carbocycles. The Morgan fingerprint density at radius 3 is 2.76 bits per heavy atom. The normalized spacial score (nSPS) is 13.8. The van der Waals surface area contributed by atoms with E-state index in [1.54, 1.807) is 0 Å². The number of nitrogens with one attached hydrogen (secondary N) is 1. The molecule has 1 aliphatic rings. The van der Waals surface area contributed by atoms with Crippen molar-refractivity contribution in [3.8, 4) is 11.4 Å². The average Bonchev–Trinajstić information content (AvgIpc) is 2.53. The van der Waals surface area contributed by atoms with Gasteiger partial charge in [0, 0.05) is 23.4 Å². The number of hydrogen-bond donors (Lipinski definition) is 1. The van der Waals surface area contributed by atoms with Gasteiger partial charge in [-0.25, -0.2) is 9.97 Å². The molecule has 0 fully saturated rings. The van der Waals surface area contributed by atoms with Gasteiger partial charge in [0.15, 0.2) is 5.82 Å². The Labute approximate surface area is 130 Å². The number of fused-ring (bicyclic) bond motifs is 1. The van der Waals surface area contributed by atoms with Crippen LogP contribution >= 0.6 is 11.6 Å². The molecule has 2 aromatic rings. The highest BCUT2D eigenvalue weighted by molar-refractivity contribution is 6.33. The van der Waals surface area contributed by atoms with E-state index in [9.17, 15) is 0 Å². The summed E-state index contributed by atoms with van der Waals surface area (Å²) in [6, 6.07) is 7.78. The van der Waals surface area contributed by atoms with Crippen LogP contribution in [0.1, 0.15) is 37.4 Å². The number of halogens is 1. The zero-order valence-corrected chi connectivity index (χ0v) is 13.1. The molecule has 21 heavy (non-hydrogen) atoms. The van der Waals surface area contributed by atoms with E-state index in [0.717, 1.165) is 43.0 Å². The van der Waals surface area contributed by atoms with Crippen molar-refractivity contribution in [1.29, 1.82) is 0 Å². The van der Waals surface area contributed by atoms with Crippen molar-refractivity contribution in [2.45, 2.75) is 39.0 Å². The van der Waals surface area contributed by atoms with E-state index in [0.29, 0.717) is 5.02 Å². The lowest BCUT2D eigenvalue weighted by Gasteiger charge is -2.20. The molecule has 0 saturated heterocycles. The average molecular weight is 302 g/mol. The van der Waals surface area contributed by atoms with Crippen LogP contribution in [0.4, 0.5) is 5.82 Å². The molecule has 110 valence electrons.